The Labute approximate surface area is 149 Å². The largest absolute Gasteiger partial charge is 0.323 e. The van der Waals surface area contributed by atoms with E-state index in [-0.39, 0.29) is 11.3 Å². The highest BCUT2D eigenvalue weighted by molar-refractivity contribution is 7.69. The maximum Gasteiger partial charge on any atom is 0.0975 e. The van der Waals surface area contributed by atoms with E-state index in [1.165, 1.54) is 64.2 Å². The lowest BCUT2D eigenvalue weighted by molar-refractivity contribution is 0.436. The SMILES string of the molecule is CP(C)(=O)[C@@H]1C=CCC[C@H]1P(=O)(C1CCCCC1)C1CCCCC1. The zero-order valence-corrected chi connectivity index (χ0v) is 17.4. The van der Waals surface area contributed by atoms with Crippen LogP contribution in [0.4, 0.5) is 0 Å². The van der Waals surface area contributed by atoms with Gasteiger partial charge in [-0.3, -0.25) is 0 Å². The summed E-state index contributed by atoms with van der Waals surface area (Å²) in [7, 11) is -4.58. The van der Waals surface area contributed by atoms with Gasteiger partial charge in [-0.25, -0.2) is 0 Å². The molecule has 4 heteroatoms. The lowest BCUT2D eigenvalue weighted by Crippen LogP contribution is -2.36. The van der Waals surface area contributed by atoms with Crippen molar-refractivity contribution in [2.24, 2.45) is 0 Å². The van der Waals surface area contributed by atoms with Gasteiger partial charge in [0.25, 0.3) is 0 Å². The second kappa shape index (κ2) is 7.84. The molecular weight excluding hydrogens is 334 g/mol. The van der Waals surface area contributed by atoms with Crippen LogP contribution >= 0.6 is 14.3 Å². The Morgan fingerprint density at radius 3 is 1.71 bits per heavy atom. The Morgan fingerprint density at radius 1 is 0.750 bits per heavy atom. The molecule has 0 heterocycles. The Kier molecular flexibility index (Phi) is 6.20. The van der Waals surface area contributed by atoms with Gasteiger partial charge in [0.15, 0.2) is 0 Å². The van der Waals surface area contributed by atoms with Gasteiger partial charge in [0.1, 0.15) is 0 Å². The van der Waals surface area contributed by atoms with Crippen LogP contribution in [0.5, 0.6) is 0 Å². The molecule has 0 N–H and O–H groups in total. The topological polar surface area (TPSA) is 34.1 Å². The molecule has 0 aromatic carbocycles. The smallest absolute Gasteiger partial charge is 0.0975 e. The molecule has 2 nitrogen and oxygen atoms in total. The van der Waals surface area contributed by atoms with Gasteiger partial charge in [-0.15, -0.1) is 0 Å². The first kappa shape index (κ1) is 19.0. The maximum atomic E-state index is 14.8. The van der Waals surface area contributed by atoms with Gasteiger partial charge in [-0.05, 0) is 51.9 Å². The Balaban J connectivity index is 1.97. The lowest BCUT2D eigenvalue weighted by Gasteiger charge is -2.46. The molecule has 24 heavy (non-hydrogen) atoms. The molecule has 0 amide bonds. The molecular formula is C20H36O2P2. The van der Waals surface area contributed by atoms with Gasteiger partial charge in [0, 0.05) is 22.6 Å². The van der Waals surface area contributed by atoms with Gasteiger partial charge < -0.3 is 9.13 Å². The van der Waals surface area contributed by atoms with Gasteiger partial charge >= 0.3 is 0 Å². The molecule has 3 aliphatic rings. The third-order valence-corrected chi connectivity index (χ3v) is 14.0. The fourth-order valence-corrected chi connectivity index (χ4v) is 13.9. The molecule has 0 aliphatic heterocycles. The van der Waals surface area contributed by atoms with Crippen molar-refractivity contribution in [3.63, 3.8) is 0 Å². The summed E-state index contributed by atoms with van der Waals surface area (Å²) in [5, 5.41) is 0. The normalized spacial score (nSPS) is 31.2. The van der Waals surface area contributed by atoms with E-state index in [4.69, 9.17) is 0 Å². The zero-order chi connectivity index (χ0) is 17.2. The number of rotatable bonds is 4. The molecule has 2 saturated carbocycles. The third kappa shape index (κ3) is 3.81. The standard InChI is InChI=1S/C20H36O2P2/c1-23(2,21)19-15-9-10-16-20(19)24(22,17-11-5-3-6-12-17)18-13-7-4-8-14-18/h9,15,17-20H,3-8,10-14,16H2,1-2H3/t19-,20-/m1/s1. The number of allylic oxidation sites excluding steroid dienone is 2. The highest BCUT2D eigenvalue weighted by Gasteiger charge is 2.50. The van der Waals surface area contributed by atoms with E-state index < -0.39 is 14.3 Å². The molecule has 0 saturated heterocycles. The van der Waals surface area contributed by atoms with Crippen LogP contribution in [-0.2, 0) is 9.13 Å². The minimum atomic E-state index is -2.32. The van der Waals surface area contributed by atoms with Gasteiger partial charge in [0.2, 0.25) is 0 Å². The molecule has 2 atom stereocenters. The van der Waals surface area contributed by atoms with E-state index in [1.807, 2.05) is 13.3 Å². The van der Waals surface area contributed by atoms with Gasteiger partial charge in [-0.2, -0.15) is 0 Å². The van der Waals surface area contributed by atoms with Crippen LogP contribution in [0.25, 0.3) is 0 Å². The first-order valence-electron chi connectivity index (χ1n) is 10.2. The second-order valence-electron chi connectivity index (χ2n) is 8.84. The Bertz CT molecular complexity index is 514. The van der Waals surface area contributed by atoms with Gasteiger partial charge in [-0.1, -0.05) is 50.7 Å². The minimum Gasteiger partial charge on any atom is -0.323 e. The van der Waals surface area contributed by atoms with Crippen LogP contribution < -0.4 is 0 Å². The summed E-state index contributed by atoms with van der Waals surface area (Å²) in [5.74, 6) is 0. The first-order valence-corrected chi connectivity index (χ1v) is 14.8. The molecule has 2 fully saturated rings. The molecule has 3 aliphatic carbocycles. The minimum absolute atomic E-state index is 0.0703. The summed E-state index contributed by atoms with van der Waals surface area (Å²) in [5.41, 5.74) is 1.13. The third-order valence-electron chi connectivity index (χ3n) is 6.88. The van der Waals surface area contributed by atoms with Crippen molar-refractivity contribution >= 4 is 14.3 Å². The van der Waals surface area contributed by atoms with E-state index in [1.54, 1.807) is 0 Å². The summed E-state index contributed by atoms with van der Waals surface area (Å²) in [4.78, 5) is 0. The Morgan fingerprint density at radius 2 is 1.25 bits per heavy atom. The van der Waals surface area contributed by atoms with Crippen molar-refractivity contribution in [1.29, 1.82) is 0 Å². The summed E-state index contributed by atoms with van der Waals surface area (Å²) >= 11 is 0. The van der Waals surface area contributed by atoms with Crippen molar-refractivity contribution < 1.29 is 9.13 Å². The molecule has 0 aromatic heterocycles. The van der Waals surface area contributed by atoms with Crippen molar-refractivity contribution in [1.82, 2.24) is 0 Å². The van der Waals surface area contributed by atoms with Crippen molar-refractivity contribution in [2.75, 3.05) is 13.3 Å². The zero-order valence-electron chi connectivity index (χ0n) is 15.7. The summed E-state index contributed by atoms with van der Waals surface area (Å²) < 4.78 is 27.8. The van der Waals surface area contributed by atoms with Crippen LogP contribution in [0.15, 0.2) is 12.2 Å². The quantitative estimate of drug-likeness (QED) is 0.406. The number of hydrogen-bond donors (Lipinski definition) is 0. The van der Waals surface area contributed by atoms with Crippen LogP contribution in [0.3, 0.4) is 0 Å². The highest BCUT2D eigenvalue weighted by Crippen LogP contribution is 2.71. The maximum absolute atomic E-state index is 14.8. The predicted octanol–water partition coefficient (Wildman–Crippen LogP) is 6.72. The fourth-order valence-electron chi connectivity index (χ4n) is 5.67. The van der Waals surface area contributed by atoms with Crippen LogP contribution in [0.2, 0.25) is 0 Å². The summed E-state index contributed by atoms with van der Waals surface area (Å²) in [6.45, 7) is 3.85. The molecule has 0 bridgehead atoms. The van der Waals surface area contributed by atoms with E-state index in [0.717, 1.165) is 12.8 Å². The van der Waals surface area contributed by atoms with E-state index in [0.29, 0.717) is 11.3 Å². The summed E-state index contributed by atoms with van der Waals surface area (Å²) in [6.07, 6.45) is 18.7. The van der Waals surface area contributed by atoms with Gasteiger partial charge in [0.05, 0.1) is 14.3 Å². The molecule has 0 aromatic rings. The van der Waals surface area contributed by atoms with E-state index in [9.17, 15) is 9.13 Å². The van der Waals surface area contributed by atoms with E-state index in [2.05, 4.69) is 12.2 Å². The molecule has 0 unspecified atom stereocenters. The Hall–Kier alpha value is 0.200. The average molecular weight is 370 g/mol. The molecule has 0 radical (unpaired) electrons. The second-order valence-corrected chi connectivity index (χ2v) is 16.0. The monoisotopic (exact) mass is 370 g/mol. The average Bonchev–Trinajstić information content (AvgIpc) is 2.62. The molecule has 138 valence electrons. The molecule has 0 spiro atoms. The number of hydrogen-bond acceptors (Lipinski definition) is 2. The summed E-state index contributed by atoms with van der Waals surface area (Å²) in [6, 6.07) is 0. The molecule has 3 rings (SSSR count). The van der Waals surface area contributed by atoms with Crippen LogP contribution in [-0.4, -0.2) is 36.0 Å². The van der Waals surface area contributed by atoms with Crippen molar-refractivity contribution in [3.05, 3.63) is 12.2 Å². The van der Waals surface area contributed by atoms with Crippen LogP contribution in [0, 0.1) is 0 Å². The highest BCUT2D eigenvalue weighted by atomic mass is 31.2. The lowest BCUT2D eigenvalue weighted by atomic mass is 9.99. The van der Waals surface area contributed by atoms with E-state index >= 15 is 0 Å². The predicted molar refractivity (Wildman–Crippen MR) is 107 cm³/mol. The first-order chi connectivity index (χ1) is 11.4. The van der Waals surface area contributed by atoms with Crippen molar-refractivity contribution in [2.45, 2.75) is 99.7 Å². The van der Waals surface area contributed by atoms with Crippen molar-refractivity contribution in [3.8, 4) is 0 Å². The fraction of sp³-hybridized carbons (Fsp3) is 0.900. The van der Waals surface area contributed by atoms with Crippen LogP contribution in [0.1, 0.15) is 77.0 Å².